The molecule has 0 aliphatic rings. The quantitative estimate of drug-likeness (QED) is 0.628. The Labute approximate surface area is 159 Å². The third kappa shape index (κ3) is 4.73. The number of amides is 1. The highest BCUT2D eigenvalue weighted by atomic mass is 19.4. The van der Waals surface area contributed by atoms with Crippen molar-refractivity contribution in [3.05, 3.63) is 66.2 Å². The summed E-state index contributed by atoms with van der Waals surface area (Å²) < 4.78 is 45.6. The first-order chi connectivity index (χ1) is 13.2. The van der Waals surface area contributed by atoms with Crippen LogP contribution in [0.15, 0.2) is 60.7 Å². The Bertz CT molecular complexity index is 984. The van der Waals surface area contributed by atoms with E-state index in [1.54, 1.807) is 14.0 Å². The second-order valence-corrected chi connectivity index (χ2v) is 6.26. The van der Waals surface area contributed by atoms with Gasteiger partial charge in [-0.25, -0.2) is 0 Å². The fourth-order valence-corrected chi connectivity index (χ4v) is 2.78. The molecule has 4 nitrogen and oxygen atoms in total. The van der Waals surface area contributed by atoms with Gasteiger partial charge in [0.25, 0.3) is 0 Å². The molecule has 0 saturated carbocycles. The molecule has 0 saturated heterocycles. The summed E-state index contributed by atoms with van der Waals surface area (Å²) >= 11 is 0. The van der Waals surface area contributed by atoms with Crippen molar-refractivity contribution in [2.24, 2.45) is 0 Å². The molecule has 0 spiro atoms. The Kier molecular flexibility index (Phi) is 5.44. The van der Waals surface area contributed by atoms with Crippen molar-refractivity contribution in [3.8, 4) is 11.5 Å². The summed E-state index contributed by atoms with van der Waals surface area (Å²) in [4.78, 5) is 12.5. The number of alkyl halides is 3. The van der Waals surface area contributed by atoms with Gasteiger partial charge in [-0.1, -0.05) is 24.3 Å². The minimum absolute atomic E-state index is 0.266. The maximum absolute atomic E-state index is 12.5. The minimum atomic E-state index is -4.75. The van der Waals surface area contributed by atoms with Gasteiger partial charge in [-0.15, -0.1) is 13.2 Å². The van der Waals surface area contributed by atoms with Crippen LogP contribution in [0, 0.1) is 0 Å². The van der Waals surface area contributed by atoms with Crippen LogP contribution in [0.3, 0.4) is 0 Å². The molecular formula is C21H18F3NO3. The molecule has 1 amide bonds. The van der Waals surface area contributed by atoms with E-state index in [1.807, 2.05) is 36.4 Å². The van der Waals surface area contributed by atoms with E-state index in [0.29, 0.717) is 5.69 Å². The van der Waals surface area contributed by atoms with Crippen LogP contribution >= 0.6 is 0 Å². The molecule has 0 unspecified atom stereocenters. The number of rotatable bonds is 5. The van der Waals surface area contributed by atoms with E-state index in [9.17, 15) is 18.0 Å². The first-order valence-electron chi connectivity index (χ1n) is 8.49. The minimum Gasteiger partial charge on any atom is -0.497 e. The van der Waals surface area contributed by atoms with Crippen LogP contribution in [0.4, 0.5) is 18.9 Å². The number of carbonyl (C=O) groups excluding carboxylic acids is 1. The van der Waals surface area contributed by atoms with E-state index in [1.165, 1.54) is 12.1 Å². The molecule has 7 heteroatoms. The van der Waals surface area contributed by atoms with Crippen molar-refractivity contribution >= 4 is 22.4 Å². The van der Waals surface area contributed by atoms with Crippen LogP contribution in [-0.2, 0) is 4.79 Å². The molecule has 146 valence electrons. The van der Waals surface area contributed by atoms with Gasteiger partial charge in [0.15, 0.2) is 0 Å². The predicted molar refractivity (Wildman–Crippen MR) is 101 cm³/mol. The molecule has 1 N–H and O–H groups in total. The lowest BCUT2D eigenvalue weighted by Crippen LogP contribution is -2.19. The summed E-state index contributed by atoms with van der Waals surface area (Å²) in [5, 5.41) is 4.68. The maximum Gasteiger partial charge on any atom is 0.573 e. The largest absolute Gasteiger partial charge is 0.573 e. The molecule has 0 aromatic heterocycles. The highest BCUT2D eigenvalue weighted by molar-refractivity contribution is 5.96. The summed E-state index contributed by atoms with van der Waals surface area (Å²) in [6.07, 6.45) is -4.75. The third-order valence-corrected chi connectivity index (χ3v) is 4.32. The molecule has 28 heavy (non-hydrogen) atoms. The van der Waals surface area contributed by atoms with Gasteiger partial charge in [-0.3, -0.25) is 4.79 Å². The van der Waals surface area contributed by atoms with Crippen LogP contribution in [0.25, 0.3) is 10.8 Å². The molecule has 0 bridgehead atoms. The highest BCUT2D eigenvalue weighted by Gasteiger charge is 2.31. The van der Waals surface area contributed by atoms with Gasteiger partial charge < -0.3 is 14.8 Å². The molecular weight excluding hydrogens is 371 g/mol. The SMILES string of the molecule is COc1ccc2cc([C@H](C)C(=O)Nc3ccc(OC(F)(F)F)cc3)ccc2c1. The Morgan fingerprint density at radius 1 is 0.929 bits per heavy atom. The normalized spacial score (nSPS) is 12.5. The van der Waals surface area contributed by atoms with Crippen molar-refractivity contribution < 1.29 is 27.4 Å². The van der Waals surface area contributed by atoms with Crippen molar-refractivity contribution in [2.75, 3.05) is 12.4 Å². The molecule has 3 aromatic carbocycles. The number of hydrogen-bond acceptors (Lipinski definition) is 3. The van der Waals surface area contributed by atoms with Crippen molar-refractivity contribution in [1.29, 1.82) is 0 Å². The van der Waals surface area contributed by atoms with E-state index in [-0.39, 0.29) is 11.7 Å². The molecule has 3 aromatic rings. The average Bonchev–Trinajstić information content (AvgIpc) is 2.66. The summed E-state index contributed by atoms with van der Waals surface area (Å²) in [6.45, 7) is 1.77. The van der Waals surface area contributed by atoms with Gasteiger partial charge >= 0.3 is 6.36 Å². The summed E-state index contributed by atoms with van der Waals surface area (Å²) in [6, 6.07) is 16.4. The van der Waals surface area contributed by atoms with Gasteiger partial charge in [0.05, 0.1) is 13.0 Å². The zero-order valence-corrected chi connectivity index (χ0v) is 15.2. The molecule has 0 aliphatic carbocycles. The van der Waals surface area contributed by atoms with Crippen LogP contribution < -0.4 is 14.8 Å². The number of anilines is 1. The predicted octanol–water partition coefficient (Wildman–Crippen LogP) is 5.49. The summed E-state index contributed by atoms with van der Waals surface area (Å²) in [7, 11) is 1.60. The lowest BCUT2D eigenvalue weighted by Gasteiger charge is -2.14. The van der Waals surface area contributed by atoms with Gasteiger partial charge in [0, 0.05) is 5.69 Å². The molecule has 0 radical (unpaired) electrons. The number of hydrogen-bond donors (Lipinski definition) is 1. The first-order valence-corrected chi connectivity index (χ1v) is 8.49. The van der Waals surface area contributed by atoms with Crippen LogP contribution in [0.1, 0.15) is 18.4 Å². The zero-order valence-electron chi connectivity index (χ0n) is 15.2. The van der Waals surface area contributed by atoms with Crippen molar-refractivity contribution in [2.45, 2.75) is 19.2 Å². The molecule has 3 rings (SSSR count). The highest BCUT2D eigenvalue weighted by Crippen LogP contribution is 2.27. The number of nitrogens with one attached hydrogen (secondary N) is 1. The molecule has 0 heterocycles. The number of methoxy groups -OCH3 is 1. The topological polar surface area (TPSA) is 47.6 Å². The smallest absolute Gasteiger partial charge is 0.497 e. The Balaban J connectivity index is 1.71. The average molecular weight is 389 g/mol. The monoisotopic (exact) mass is 389 g/mol. The lowest BCUT2D eigenvalue weighted by atomic mass is 9.97. The summed E-state index contributed by atoms with van der Waals surface area (Å²) in [5.74, 6) is -0.303. The number of benzene rings is 3. The van der Waals surface area contributed by atoms with Crippen molar-refractivity contribution in [3.63, 3.8) is 0 Å². The Morgan fingerprint density at radius 2 is 1.54 bits per heavy atom. The Morgan fingerprint density at radius 3 is 2.18 bits per heavy atom. The van der Waals surface area contributed by atoms with Crippen LogP contribution in [0.5, 0.6) is 11.5 Å². The number of halogens is 3. The second-order valence-electron chi connectivity index (χ2n) is 6.26. The van der Waals surface area contributed by atoms with E-state index < -0.39 is 12.3 Å². The van der Waals surface area contributed by atoms with E-state index in [2.05, 4.69) is 10.1 Å². The molecule has 0 aliphatic heterocycles. The molecule has 1 atom stereocenters. The third-order valence-electron chi connectivity index (χ3n) is 4.32. The lowest BCUT2D eigenvalue weighted by molar-refractivity contribution is -0.274. The van der Waals surface area contributed by atoms with Gasteiger partial charge in [0.2, 0.25) is 5.91 Å². The van der Waals surface area contributed by atoms with Gasteiger partial charge in [-0.05, 0) is 59.7 Å². The van der Waals surface area contributed by atoms with Crippen molar-refractivity contribution in [1.82, 2.24) is 0 Å². The fourth-order valence-electron chi connectivity index (χ4n) is 2.78. The molecule has 0 fully saturated rings. The standard InChI is InChI=1S/C21H18F3NO3/c1-13(14-3-4-16-12-19(27-2)8-5-15(16)11-14)20(26)25-17-6-9-18(10-7-17)28-21(22,23)24/h3-13H,1-2H3,(H,25,26)/t13-/m0/s1. The van der Waals surface area contributed by atoms with Gasteiger partial charge in [-0.2, -0.15) is 0 Å². The van der Waals surface area contributed by atoms with E-state index >= 15 is 0 Å². The fraction of sp³-hybridized carbons (Fsp3) is 0.190. The number of ether oxygens (including phenoxy) is 2. The Hall–Kier alpha value is -3.22. The zero-order chi connectivity index (χ0) is 20.3. The first kappa shape index (κ1) is 19.5. The number of carbonyl (C=O) groups is 1. The van der Waals surface area contributed by atoms with Crippen LogP contribution in [0.2, 0.25) is 0 Å². The van der Waals surface area contributed by atoms with E-state index in [4.69, 9.17) is 4.74 Å². The maximum atomic E-state index is 12.5. The van der Waals surface area contributed by atoms with E-state index in [0.717, 1.165) is 34.2 Å². The van der Waals surface area contributed by atoms with Crippen LogP contribution in [-0.4, -0.2) is 19.4 Å². The number of fused-ring (bicyclic) bond motifs is 1. The van der Waals surface area contributed by atoms with Gasteiger partial charge in [0.1, 0.15) is 11.5 Å². The summed E-state index contributed by atoms with van der Waals surface area (Å²) in [5.41, 5.74) is 1.21. The second kappa shape index (κ2) is 7.80.